The number of thiazole rings is 1. The van der Waals surface area contributed by atoms with Crippen molar-refractivity contribution in [1.29, 1.82) is 0 Å². The van der Waals surface area contributed by atoms with Crippen molar-refractivity contribution in [3.63, 3.8) is 0 Å². The Hall–Kier alpha value is -1.72. The normalized spacial score (nSPS) is 14.6. The summed E-state index contributed by atoms with van der Waals surface area (Å²) in [6, 6.07) is 10.4. The van der Waals surface area contributed by atoms with E-state index < -0.39 is 0 Å². The van der Waals surface area contributed by atoms with Crippen molar-refractivity contribution in [3.05, 3.63) is 51.5 Å². The third kappa shape index (κ3) is 3.72. The average molecular weight is 315 g/mol. The predicted octanol–water partition coefficient (Wildman–Crippen LogP) is 2.49. The molecule has 0 bridgehead atoms. The Balaban J connectivity index is 1.48. The summed E-state index contributed by atoms with van der Waals surface area (Å²) >= 11 is 1.54. The predicted molar refractivity (Wildman–Crippen MR) is 89.2 cm³/mol. The van der Waals surface area contributed by atoms with Gasteiger partial charge in [-0.1, -0.05) is 30.3 Å². The highest BCUT2D eigenvalue weighted by atomic mass is 32.1. The molecule has 5 heteroatoms. The first-order valence-electron chi connectivity index (χ1n) is 7.71. The Morgan fingerprint density at radius 1 is 1.36 bits per heavy atom. The van der Waals surface area contributed by atoms with Crippen LogP contribution in [-0.2, 0) is 19.4 Å². The molecule has 0 aliphatic carbocycles. The molecule has 22 heavy (non-hydrogen) atoms. The monoisotopic (exact) mass is 315 g/mol. The van der Waals surface area contributed by atoms with Crippen molar-refractivity contribution in [3.8, 4) is 0 Å². The summed E-state index contributed by atoms with van der Waals surface area (Å²) < 4.78 is 0. The Bertz CT molecular complexity index is 639. The molecule has 0 atom stereocenters. The van der Waals surface area contributed by atoms with Crippen LogP contribution in [0.4, 0.5) is 0 Å². The van der Waals surface area contributed by atoms with Crippen molar-refractivity contribution in [1.82, 2.24) is 15.2 Å². The lowest BCUT2D eigenvalue weighted by Crippen LogP contribution is -2.25. The molecule has 0 radical (unpaired) electrons. The second-order valence-corrected chi connectivity index (χ2v) is 6.81. The molecular weight excluding hydrogens is 294 g/mol. The number of nitrogens with zero attached hydrogens (tertiary/aromatic N) is 2. The summed E-state index contributed by atoms with van der Waals surface area (Å²) in [7, 11) is 2.10. The van der Waals surface area contributed by atoms with E-state index >= 15 is 0 Å². The number of rotatable bonds is 5. The zero-order chi connectivity index (χ0) is 15.4. The lowest BCUT2D eigenvalue weighted by Gasteiger charge is -2.20. The van der Waals surface area contributed by atoms with E-state index in [1.54, 1.807) is 0 Å². The molecule has 4 nitrogen and oxygen atoms in total. The largest absolute Gasteiger partial charge is 0.350 e. The van der Waals surface area contributed by atoms with Crippen molar-refractivity contribution in [2.24, 2.45) is 0 Å². The third-order valence-corrected chi connectivity index (χ3v) is 4.97. The maximum Gasteiger partial charge on any atom is 0.280 e. The Morgan fingerprint density at radius 2 is 2.18 bits per heavy atom. The summed E-state index contributed by atoms with van der Waals surface area (Å²) in [6.07, 6.45) is 2.88. The number of carbonyl (C=O) groups is 1. The van der Waals surface area contributed by atoms with Gasteiger partial charge in [-0.15, -0.1) is 11.3 Å². The second kappa shape index (κ2) is 7.03. The summed E-state index contributed by atoms with van der Waals surface area (Å²) in [5.41, 5.74) is 2.42. The van der Waals surface area contributed by atoms with Crippen LogP contribution in [0.3, 0.4) is 0 Å². The van der Waals surface area contributed by atoms with E-state index in [2.05, 4.69) is 34.4 Å². The average Bonchev–Trinajstić information content (AvgIpc) is 2.95. The van der Waals surface area contributed by atoms with E-state index in [4.69, 9.17) is 0 Å². The van der Waals surface area contributed by atoms with Gasteiger partial charge >= 0.3 is 0 Å². The SMILES string of the molecule is CN1CCc2nc(C(=O)NCCCc3ccccc3)sc2C1. The summed E-state index contributed by atoms with van der Waals surface area (Å²) in [5.74, 6) is -0.0323. The van der Waals surface area contributed by atoms with Crippen LogP contribution in [0.1, 0.15) is 32.4 Å². The number of hydrogen-bond acceptors (Lipinski definition) is 4. The molecule has 0 saturated heterocycles. The molecule has 2 aromatic rings. The zero-order valence-electron chi connectivity index (χ0n) is 12.8. The molecule has 2 heterocycles. The smallest absolute Gasteiger partial charge is 0.280 e. The topological polar surface area (TPSA) is 45.2 Å². The van der Waals surface area contributed by atoms with E-state index in [1.807, 2.05) is 18.2 Å². The fraction of sp³-hybridized carbons (Fsp3) is 0.412. The van der Waals surface area contributed by atoms with Gasteiger partial charge in [-0.05, 0) is 25.5 Å². The zero-order valence-corrected chi connectivity index (χ0v) is 13.7. The highest BCUT2D eigenvalue weighted by Crippen LogP contribution is 2.24. The summed E-state index contributed by atoms with van der Waals surface area (Å²) in [6.45, 7) is 2.63. The van der Waals surface area contributed by atoms with Crippen LogP contribution in [0.2, 0.25) is 0 Å². The molecule has 1 N–H and O–H groups in total. The minimum Gasteiger partial charge on any atom is -0.350 e. The minimum atomic E-state index is -0.0323. The molecule has 1 amide bonds. The number of hydrogen-bond donors (Lipinski definition) is 1. The molecule has 0 saturated carbocycles. The fourth-order valence-electron chi connectivity index (χ4n) is 2.64. The highest BCUT2D eigenvalue weighted by Gasteiger charge is 2.20. The molecule has 3 rings (SSSR count). The minimum absolute atomic E-state index is 0.0323. The Kier molecular flexibility index (Phi) is 4.85. The Morgan fingerprint density at radius 3 is 3.00 bits per heavy atom. The number of benzene rings is 1. The van der Waals surface area contributed by atoms with Gasteiger partial charge < -0.3 is 10.2 Å². The van der Waals surface area contributed by atoms with E-state index in [9.17, 15) is 4.79 Å². The molecule has 1 aliphatic heterocycles. The molecule has 0 spiro atoms. The van der Waals surface area contributed by atoms with Crippen LogP contribution in [0.25, 0.3) is 0 Å². The lowest BCUT2D eigenvalue weighted by molar-refractivity contribution is 0.0952. The van der Waals surface area contributed by atoms with Gasteiger partial charge in [-0.3, -0.25) is 4.79 Å². The van der Waals surface area contributed by atoms with Gasteiger partial charge in [0.15, 0.2) is 5.01 Å². The van der Waals surface area contributed by atoms with Crippen molar-refractivity contribution in [2.75, 3.05) is 20.1 Å². The molecule has 1 aliphatic rings. The van der Waals surface area contributed by atoms with Gasteiger partial charge in [0, 0.05) is 30.9 Å². The standard InChI is InChI=1S/C17H21N3OS/c1-20-11-9-14-15(12-20)22-17(19-14)16(21)18-10-5-8-13-6-3-2-4-7-13/h2-4,6-7H,5,8-12H2,1H3,(H,18,21). The van der Waals surface area contributed by atoms with Crippen LogP contribution >= 0.6 is 11.3 Å². The van der Waals surface area contributed by atoms with Crippen LogP contribution in [0.15, 0.2) is 30.3 Å². The second-order valence-electron chi connectivity index (χ2n) is 5.72. The fourth-order valence-corrected chi connectivity index (χ4v) is 3.74. The van der Waals surface area contributed by atoms with Crippen molar-refractivity contribution >= 4 is 17.2 Å². The summed E-state index contributed by atoms with van der Waals surface area (Å²) in [4.78, 5) is 20.2. The Labute approximate surface area is 135 Å². The maximum atomic E-state index is 12.2. The molecular formula is C17H21N3OS. The first-order valence-corrected chi connectivity index (χ1v) is 8.53. The van der Waals surface area contributed by atoms with Gasteiger partial charge in [-0.2, -0.15) is 0 Å². The van der Waals surface area contributed by atoms with Crippen LogP contribution < -0.4 is 5.32 Å². The quantitative estimate of drug-likeness (QED) is 0.862. The number of aryl methyl sites for hydroxylation is 1. The number of aromatic nitrogens is 1. The maximum absolute atomic E-state index is 12.2. The molecule has 1 aromatic heterocycles. The van der Waals surface area contributed by atoms with Gasteiger partial charge in [0.2, 0.25) is 0 Å². The lowest BCUT2D eigenvalue weighted by atomic mass is 10.1. The van der Waals surface area contributed by atoms with E-state index in [-0.39, 0.29) is 5.91 Å². The first kappa shape index (κ1) is 15.2. The molecule has 116 valence electrons. The van der Waals surface area contributed by atoms with Gasteiger partial charge in [0.25, 0.3) is 5.91 Å². The van der Waals surface area contributed by atoms with E-state index in [0.29, 0.717) is 11.6 Å². The first-order chi connectivity index (χ1) is 10.7. The van der Waals surface area contributed by atoms with Crippen LogP contribution in [0, 0.1) is 0 Å². The van der Waals surface area contributed by atoms with E-state index in [0.717, 1.165) is 38.0 Å². The summed E-state index contributed by atoms with van der Waals surface area (Å²) in [5, 5.41) is 3.60. The number of amides is 1. The molecule has 1 aromatic carbocycles. The number of nitrogens with one attached hydrogen (secondary N) is 1. The number of likely N-dealkylation sites (N-methyl/N-ethyl adjacent to an activating group) is 1. The van der Waals surface area contributed by atoms with Gasteiger partial charge in [0.05, 0.1) is 5.69 Å². The highest BCUT2D eigenvalue weighted by molar-refractivity contribution is 7.13. The number of fused-ring (bicyclic) bond motifs is 1. The van der Waals surface area contributed by atoms with Crippen molar-refractivity contribution in [2.45, 2.75) is 25.8 Å². The third-order valence-electron chi connectivity index (χ3n) is 3.89. The molecule has 0 unspecified atom stereocenters. The van der Waals surface area contributed by atoms with Crippen LogP contribution in [0.5, 0.6) is 0 Å². The number of carbonyl (C=O) groups excluding carboxylic acids is 1. The van der Waals surface area contributed by atoms with E-state index in [1.165, 1.54) is 21.8 Å². The van der Waals surface area contributed by atoms with Crippen LogP contribution in [-0.4, -0.2) is 35.9 Å². The van der Waals surface area contributed by atoms with Gasteiger partial charge in [-0.25, -0.2) is 4.98 Å². The van der Waals surface area contributed by atoms with Gasteiger partial charge in [0.1, 0.15) is 0 Å². The molecule has 0 fully saturated rings. The van der Waals surface area contributed by atoms with Crippen molar-refractivity contribution < 1.29 is 4.79 Å².